The summed E-state index contributed by atoms with van der Waals surface area (Å²) < 4.78 is 0. The summed E-state index contributed by atoms with van der Waals surface area (Å²) in [5.41, 5.74) is 2.64. The van der Waals surface area contributed by atoms with Crippen molar-refractivity contribution in [3.05, 3.63) is 65.4 Å². The van der Waals surface area contributed by atoms with Crippen LogP contribution in [0.2, 0.25) is 0 Å². The average Bonchev–Trinajstić information content (AvgIpc) is 2.72. The zero-order valence-electron chi connectivity index (χ0n) is 16.5. The van der Waals surface area contributed by atoms with Crippen LogP contribution in [0.4, 0.5) is 5.82 Å². The van der Waals surface area contributed by atoms with E-state index in [0.29, 0.717) is 12.2 Å². The van der Waals surface area contributed by atoms with Crippen molar-refractivity contribution >= 4 is 22.5 Å². The molecule has 5 heteroatoms. The number of hydrogen-bond donors (Lipinski definition) is 1. The maximum absolute atomic E-state index is 12.8. The Labute approximate surface area is 165 Å². The molecule has 0 spiro atoms. The molecule has 0 aliphatic carbocycles. The minimum absolute atomic E-state index is 0.191. The molecular formula is C23H26N4O. The van der Waals surface area contributed by atoms with Crippen molar-refractivity contribution in [2.24, 2.45) is 5.92 Å². The summed E-state index contributed by atoms with van der Waals surface area (Å²) in [5.74, 6) is 1.45. The summed E-state index contributed by atoms with van der Waals surface area (Å²) in [6.07, 6.45) is 2.32. The van der Waals surface area contributed by atoms with Gasteiger partial charge in [0.2, 0.25) is 0 Å². The molecule has 2 heterocycles. The lowest BCUT2D eigenvalue weighted by Crippen LogP contribution is -2.34. The number of aryl methyl sites for hydroxylation is 1. The van der Waals surface area contributed by atoms with Crippen LogP contribution in [0.5, 0.6) is 0 Å². The Morgan fingerprint density at radius 1 is 1.07 bits per heavy atom. The number of amides is 1. The highest BCUT2D eigenvalue weighted by atomic mass is 16.1. The molecular weight excluding hydrogens is 348 g/mol. The van der Waals surface area contributed by atoms with Crippen molar-refractivity contribution in [3.8, 4) is 0 Å². The molecule has 2 aromatic carbocycles. The summed E-state index contributed by atoms with van der Waals surface area (Å²) in [7, 11) is 0. The maximum atomic E-state index is 12.8. The van der Waals surface area contributed by atoms with Crippen LogP contribution in [-0.4, -0.2) is 29.2 Å². The van der Waals surface area contributed by atoms with Gasteiger partial charge in [0.1, 0.15) is 0 Å². The van der Waals surface area contributed by atoms with Gasteiger partial charge in [0, 0.05) is 30.4 Å². The van der Waals surface area contributed by atoms with Crippen LogP contribution in [0.3, 0.4) is 0 Å². The van der Waals surface area contributed by atoms with E-state index in [1.807, 2.05) is 49.4 Å². The lowest BCUT2D eigenvalue weighted by Gasteiger charge is -2.31. The third-order valence-corrected chi connectivity index (χ3v) is 5.50. The fourth-order valence-electron chi connectivity index (χ4n) is 3.80. The highest BCUT2D eigenvalue weighted by Crippen LogP contribution is 2.29. The molecule has 1 fully saturated rings. The molecule has 1 saturated heterocycles. The number of nitrogens with zero attached hydrogens (tertiary/aromatic N) is 3. The number of carbonyl (C=O) groups is 1. The first-order valence-electron chi connectivity index (χ1n) is 9.96. The van der Waals surface area contributed by atoms with Crippen molar-refractivity contribution in [1.29, 1.82) is 0 Å². The van der Waals surface area contributed by atoms with Crippen LogP contribution >= 0.6 is 0 Å². The Kier molecular flexibility index (Phi) is 5.24. The molecule has 0 bridgehead atoms. The van der Waals surface area contributed by atoms with Crippen molar-refractivity contribution < 1.29 is 4.79 Å². The molecule has 0 unspecified atom stereocenters. The minimum atomic E-state index is -0.191. The summed E-state index contributed by atoms with van der Waals surface area (Å²) in [5, 5.41) is 13.6. The van der Waals surface area contributed by atoms with E-state index in [2.05, 4.69) is 33.4 Å². The van der Waals surface area contributed by atoms with Crippen LogP contribution in [0.1, 0.15) is 41.4 Å². The number of anilines is 1. The van der Waals surface area contributed by atoms with Gasteiger partial charge in [-0.3, -0.25) is 4.79 Å². The first-order valence-corrected chi connectivity index (χ1v) is 9.96. The summed E-state index contributed by atoms with van der Waals surface area (Å²) >= 11 is 0. The molecule has 0 radical (unpaired) electrons. The normalized spacial score (nSPS) is 15.0. The minimum Gasteiger partial charge on any atom is -0.355 e. The van der Waals surface area contributed by atoms with Gasteiger partial charge in [0.05, 0.1) is 0 Å². The van der Waals surface area contributed by atoms with E-state index in [1.165, 1.54) is 5.56 Å². The standard InChI is InChI=1S/C23H26N4O/c1-16-10-12-27(13-11-16)22-20-9-4-3-8-19(20)21(25-26-22)23(28)24-15-18-7-5-6-17(2)14-18/h3-9,14,16H,10-13,15H2,1-2H3,(H,24,28). The lowest BCUT2D eigenvalue weighted by atomic mass is 9.99. The van der Waals surface area contributed by atoms with E-state index >= 15 is 0 Å². The molecule has 0 saturated carbocycles. The first-order chi connectivity index (χ1) is 13.6. The highest BCUT2D eigenvalue weighted by Gasteiger charge is 2.22. The zero-order chi connectivity index (χ0) is 19.5. The third kappa shape index (κ3) is 3.84. The number of nitrogens with one attached hydrogen (secondary N) is 1. The molecule has 3 aromatic rings. The quantitative estimate of drug-likeness (QED) is 0.747. The van der Waals surface area contributed by atoms with Crippen molar-refractivity contribution in [2.45, 2.75) is 33.2 Å². The van der Waals surface area contributed by atoms with E-state index in [-0.39, 0.29) is 5.91 Å². The van der Waals surface area contributed by atoms with Crippen molar-refractivity contribution in [3.63, 3.8) is 0 Å². The summed E-state index contributed by atoms with van der Waals surface area (Å²) in [4.78, 5) is 15.1. The molecule has 0 atom stereocenters. The number of benzene rings is 2. The molecule has 1 aliphatic rings. The predicted molar refractivity (Wildman–Crippen MR) is 112 cm³/mol. The second-order valence-electron chi connectivity index (χ2n) is 7.76. The third-order valence-electron chi connectivity index (χ3n) is 5.50. The van der Waals surface area contributed by atoms with E-state index in [4.69, 9.17) is 0 Å². The summed E-state index contributed by atoms with van der Waals surface area (Å²) in [6.45, 7) is 6.78. The molecule has 1 amide bonds. The number of hydrogen-bond acceptors (Lipinski definition) is 4. The van der Waals surface area contributed by atoms with E-state index in [9.17, 15) is 4.79 Å². The Hall–Kier alpha value is -2.95. The van der Waals surface area contributed by atoms with Gasteiger partial charge in [-0.25, -0.2) is 0 Å². The number of fused-ring (bicyclic) bond motifs is 1. The largest absolute Gasteiger partial charge is 0.355 e. The Morgan fingerprint density at radius 3 is 2.57 bits per heavy atom. The molecule has 4 rings (SSSR count). The molecule has 1 aromatic heterocycles. The monoisotopic (exact) mass is 374 g/mol. The number of carbonyl (C=O) groups excluding carboxylic acids is 1. The first kappa shape index (κ1) is 18.4. The van der Waals surface area contributed by atoms with E-state index < -0.39 is 0 Å². The van der Waals surface area contributed by atoms with Crippen LogP contribution < -0.4 is 10.2 Å². The van der Waals surface area contributed by atoms with Gasteiger partial charge in [-0.1, -0.05) is 61.0 Å². The Balaban J connectivity index is 1.59. The van der Waals surface area contributed by atoms with Crippen LogP contribution in [0.15, 0.2) is 48.5 Å². The maximum Gasteiger partial charge on any atom is 0.272 e. The zero-order valence-corrected chi connectivity index (χ0v) is 16.5. The number of aromatic nitrogens is 2. The fraction of sp³-hybridized carbons (Fsp3) is 0.348. The van der Waals surface area contributed by atoms with Gasteiger partial charge in [0.25, 0.3) is 5.91 Å². The van der Waals surface area contributed by atoms with Gasteiger partial charge < -0.3 is 10.2 Å². The number of piperidine rings is 1. The van der Waals surface area contributed by atoms with Crippen LogP contribution in [0.25, 0.3) is 10.8 Å². The lowest BCUT2D eigenvalue weighted by molar-refractivity contribution is 0.0947. The van der Waals surface area contributed by atoms with E-state index in [1.54, 1.807) is 0 Å². The van der Waals surface area contributed by atoms with Crippen LogP contribution in [0, 0.1) is 12.8 Å². The topological polar surface area (TPSA) is 58.1 Å². The van der Waals surface area contributed by atoms with Crippen LogP contribution in [-0.2, 0) is 6.54 Å². The average molecular weight is 374 g/mol. The highest BCUT2D eigenvalue weighted by molar-refractivity contribution is 6.07. The molecule has 1 N–H and O–H groups in total. The fourth-order valence-corrected chi connectivity index (χ4v) is 3.80. The Bertz CT molecular complexity index is 993. The van der Waals surface area contributed by atoms with Gasteiger partial charge in [-0.05, 0) is 31.2 Å². The van der Waals surface area contributed by atoms with Gasteiger partial charge in [0.15, 0.2) is 11.5 Å². The summed E-state index contributed by atoms with van der Waals surface area (Å²) in [6, 6.07) is 16.1. The van der Waals surface area contributed by atoms with Gasteiger partial charge >= 0.3 is 0 Å². The SMILES string of the molecule is Cc1cccc(CNC(=O)c2nnc(N3CCC(C)CC3)c3ccccc23)c1. The molecule has 1 aliphatic heterocycles. The number of rotatable bonds is 4. The van der Waals surface area contributed by atoms with Crippen molar-refractivity contribution in [1.82, 2.24) is 15.5 Å². The second-order valence-corrected chi connectivity index (χ2v) is 7.76. The molecule has 28 heavy (non-hydrogen) atoms. The van der Waals surface area contributed by atoms with Gasteiger partial charge in [-0.2, -0.15) is 0 Å². The van der Waals surface area contributed by atoms with E-state index in [0.717, 1.165) is 54.0 Å². The smallest absolute Gasteiger partial charge is 0.272 e. The Morgan fingerprint density at radius 2 is 1.82 bits per heavy atom. The molecule has 5 nitrogen and oxygen atoms in total. The van der Waals surface area contributed by atoms with Crippen molar-refractivity contribution in [2.75, 3.05) is 18.0 Å². The van der Waals surface area contributed by atoms with Gasteiger partial charge in [-0.15, -0.1) is 10.2 Å². The second kappa shape index (κ2) is 7.97. The molecule has 144 valence electrons. The predicted octanol–water partition coefficient (Wildman–Crippen LogP) is 4.10.